The molecule has 2 nitrogen and oxygen atoms in total. The van der Waals surface area contributed by atoms with Gasteiger partial charge in [-0.05, 0) is 31.1 Å². The first-order chi connectivity index (χ1) is 5.36. The van der Waals surface area contributed by atoms with E-state index in [1.54, 1.807) is 0 Å². The maximum Gasteiger partial charge on any atom is 0.0813 e. The molecule has 11 heavy (non-hydrogen) atoms. The molecule has 1 aliphatic carbocycles. The minimum atomic E-state index is 0.531. The molecule has 0 heterocycles. The van der Waals surface area contributed by atoms with Gasteiger partial charge in [0.05, 0.1) is 6.54 Å². The number of nitroso groups, excluding NO2 is 1. The van der Waals surface area contributed by atoms with E-state index in [-0.39, 0.29) is 0 Å². The zero-order valence-corrected chi connectivity index (χ0v) is 7.25. The highest BCUT2D eigenvalue weighted by Crippen LogP contribution is 2.38. The van der Waals surface area contributed by atoms with E-state index in [1.807, 2.05) is 0 Å². The molecule has 0 N–H and O–H groups in total. The smallest absolute Gasteiger partial charge is 0.0813 e. The van der Waals surface area contributed by atoms with E-state index in [2.05, 4.69) is 12.1 Å². The standard InChI is InChI=1S/C9H17NO/c1-2-3-8-6-9(7-8)4-5-10-11/h8-9H,2-7H2,1H3. The van der Waals surface area contributed by atoms with Gasteiger partial charge in [-0.3, -0.25) is 0 Å². The molecule has 2 heteroatoms. The van der Waals surface area contributed by atoms with Crippen LogP contribution in [0.2, 0.25) is 0 Å². The highest BCUT2D eigenvalue weighted by molar-refractivity contribution is 4.79. The lowest BCUT2D eigenvalue weighted by molar-refractivity contribution is 0.173. The van der Waals surface area contributed by atoms with Crippen molar-refractivity contribution in [1.82, 2.24) is 0 Å². The fourth-order valence-electron chi connectivity index (χ4n) is 1.99. The summed E-state index contributed by atoms with van der Waals surface area (Å²) in [6, 6.07) is 0. The van der Waals surface area contributed by atoms with Gasteiger partial charge in [0, 0.05) is 0 Å². The van der Waals surface area contributed by atoms with E-state index in [0.717, 1.165) is 18.3 Å². The Kier molecular flexibility index (Phi) is 3.53. The lowest BCUT2D eigenvalue weighted by Gasteiger charge is -2.34. The zero-order valence-electron chi connectivity index (χ0n) is 7.25. The monoisotopic (exact) mass is 155 g/mol. The van der Waals surface area contributed by atoms with Crippen LogP contribution in [0.3, 0.4) is 0 Å². The fraction of sp³-hybridized carbons (Fsp3) is 1.00. The van der Waals surface area contributed by atoms with Crippen LogP contribution in [0.5, 0.6) is 0 Å². The summed E-state index contributed by atoms with van der Waals surface area (Å²) in [5, 5.41) is 2.88. The predicted molar refractivity (Wildman–Crippen MR) is 46.4 cm³/mol. The van der Waals surface area contributed by atoms with Gasteiger partial charge in [-0.15, -0.1) is 0 Å². The van der Waals surface area contributed by atoms with Crippen molar-refractivity contribution in [3.63, 3.8) is 0 Å². The van der Waals surface area contributed by atoms with Crippen molar-refractivity contribution >= 4 is 0 Å². The summed E-state index contributed by atoms with van der Waals surface area (Å²) in [5.74, 6) is 1.79. The third-order valence-corrected chi connectivity index (χ3v) is 2.66. The Morgan fingerprint density at radius 3 is 2.45 bits per heavy atom. The van der Waals surface area contributed by atoms with Crippen LogP contribution in [0.15, 0.2) is 5.18 Å². The third-order valence-electron chi connectivity index (χ3n) is 2.66. The number of hydrogen-bond acceptors (Lipinski definition) is 2. The van der Waals surface area contributed by atoms with Crippen LogP contribution in [-0.2, 0) is 0 Å². The van der Waals surface area contributed by atoms with E-state index in [1.165, 1.54) is 25.7 Å². The van der Waals surface area contributed by atoms with E-state index >= 15 is 0 Å². The Morgan fingerprint density at radius 1 is 1.27 bits per heavy atom. The maximum absolute atomic E-state index is 9.81. The first-order valence-electron chi connectivity index (χ1n) is 4.66. The van der Waals surface area contributed by atoms with Crippen LogP contribution in [0.1, 0.15) is 39.0 Å². The molecule has 0 aliphatic heterocycles. The number of nitrogens with zero attached hydrogens (tertiary/aromatic N) is 1. The minimum Gasteiger partial charge on any atom is -0.151 e. The molecule has 0 amide bonds. The van der Waals surface area contributed by atoms with Gasteiger partial charge < -0.3 is 0 Å². The molecule has 0 spiro atoms. The molecule has 1 aliphatic rings. The Bertz CT molecular complexity index is 119. The Labute approximate surface area is 68.3 Å². The molecule has 1 rings (SSSR count). The Balaban J connectivity index is 1.95. The molecule has 0 unspecified atom stereocenters. The first-order valence-corrected chi connectivity index (χ1v) is 4.66. The second kappa shape index (κ2) is 4.47. The van der Waals surface area contributed by atoms with Crippen molar-refractivity contribution in [3.8, 4) is 0 Å². The molecule has 0 aromatic heterocycles. The predicted octanol–water partition coefficient (Wildman–Crippen LogP) is 2.97. The summed E-state index contributed by atoms with van der Waals surface area (Å²) in [6.45, 7) is 2.77. The molecular formula is C9H17NO. The lowest BCUT2D eigenvalue weighted by atomic mass is 9.71. The van der Waals surface area contributed by atoms with Crippen molar-refractivity contribution in [3.05, 3.63) is 4.91 Å². The summed E-state index contributed by atoms with van der Waals surface area (Å²) in [5.41, 5.74) is 0. The van der Waals surface area contributed by atoms with Crippen LogP contribution >= 0.6 is 0 Å². The Hall–Kier alpha value is -0.400. The van der Waals surface area contributed by atoms with E-state index in [9.17, 15) is 4.91 Å². The molecule has 64 valence electrons. The van der Waals surface area contributed by atoms with Gasteiger partial charge in [0.1, 0.15) is 0 Å². The molecule has 0 bridgehead atoms. The SMILES string of the molecule is CCCC1CC(CCN=O)C1. The normalized spacial score (nSPS) is 29.5. The average Bonchev–Trinajstić information content (AvgIpc) is 1.94. The topological polar surface area (TPSA) is 29.4 Å². The maximum atomic E-state index is 9.81. The summed E-state index contributed by atoms with van der Waals surface area (Å²) >= 11 is 0. The van der Waals surface area contributed by atoms with Gasteiger partial charge in [0.15, 0.2) is 0 Å². The molecular weight excluding hydrogens is 138 g/mol. The first kappa shape index (κ1) is 8.69. The van der Waals surface area contributed by atoms with Gasteiger partial charge in [-0.1, -0.05) is 24.9 Å². The van der Waals surface area contributed by atoms with Crippen LogP contribution < -0.4 is 0 Å². The molecule has 1 saturated carbocycles. The second-order valence-electron chi connectivity index (χ2n) is 3.63. The van der Waals surface area contributed by atoms with Gasteiger partial charge in [0.2, 0.25) is 0 Å². The highest BCUT2D eigenvalue weighted by atomic mass is 16.3. The van der Waals surface area contributed by atoms with Crippen LogP contribution in [0.25, 0.3) is 0 Å². The molecule has 0 radical (unpaired) electrons. The van der Waals surface area contributed by atoms with E-state index in [0.29, 0.717) is 6.54 Å². The third kappa shape index (κ3) is 2.60. The van der Waals surface area contributed by atoms with Crippen molar-refractivity contribution < 1.29 is 0 Å². The molecule has 0 atom stereocenters. The summed E-state index contributed by atoms with van der Waals surface area (Å²) < 4.78 is 0. The molecule has 0 saturated heterocycles. The lowest BCUT2D eigenvalue weighted by Crippen LogP contribution is -2.23. The van der Waals surface area contributed by atoms with E-state index in [4.69, 9.17) is 0 Å². The largest absolute Gasteiger partial charge is 0.151 e. The number of rotatable bonds is 5. The van der Waals surface area contributed by atoms with E-state index < -0.39 is 0 Å². The summed E-state index contributed by atoms with van der Waals surface area (Å²) in [7, 11) is 0. The Morgan fingerprint density at radius 2 is 1.91 bits per heavy atom. The summed E-state index contributed by atoms with van der Waals surface area (Å²) in [6.07, 6.45) is 6.42. The zero-order chi connectivity index (χ0) is 8.10. The minimum absolute atomic E-state index is 0.531. The van der Waals surface area contributed by atoms with Crippen LogP contribution in [0.4, 0.5) is 0 Å². The quantitative estimate of drug-likeness (QED) is 0.561. The molecule has 1 fully saturated rings. The number of hydrogen-bond donors (Lipinski definition) is 0. The van der Waals surface area contributed by atoms with Crippen LogP contribution in [0, 0.1) is 16.7 Å². The highest BCUT2D eigenvalue weighted by Gasteiger charge is 2.27. The van der Waals surface area contributed by atoms with Crippen molar-refractivity contribution in [1.29, 1.82) is 0 Å². The van der Waals surface area contributed by atoms with Gasteiger partial charge in [-0.25, -0.2) is 0 Å². The average molecular weight is 155 g/mol. The fourth-order valence-corrected chi connectivity index (χ4v) is 1.99. The van der Waals surface area contributed by atoms with Crippen molar-refractivity contribution in [2.24, 2.45) is 17.0 Å². The summed E-state index contributed by atoms with van der Waals surface area (Å²) in [4.78, 5) is 9.81. The second-order valence-corrected chi connectivity index (χ2v) is 3.63. The van der Waals surface area contributed by atoms with Crippen molar-refractivity contribution in [2.75, 3.05) is 6.54 Å². The molecule has 0 aromatic rings. The molecule has 0 aromatic carbocycles. The van der Waals surface area contributed by atoms with Crippen molar-refractivity contribution in [2.45, 2.75) is 39.0 Å². The van der Waals surface area contributed by atoms with Gasteiger partial charge in [-0.2, -0.15) is 4.91 Å². The van der Waals surface area contributed by atoms with Crippen LogP contribution in [-0.4, -0.2) is 6.54 Å². The van der Waals surface area contributed by atoms with Gasteiger partial charge in [0.25, 0.3) is 0 Å². The van der Waals surface area contributed by atoms with Gasteiger partial charge >= 0.3 is 0 Å².